The Morgan fingerprint density at radius 1 is 1.37 bits per heavy atom. The molecule has 27 heavy (non-hydrogen) atoms. The number of amides is 1. The van der Waals surface area contributed by atoms with E-state index in [9.17, 15) is 4.79 Å². The Bertz CT molecular complexity index is 794. The smallest absolute Gasteiger partial charge is 0.267 e. The number of hydrogen-bond donors (Lipinski definition) is 3. The molecule has 0 saturated carbocycles. The summed E-state index contributed by atoms with van der Waals surface area (Å²) in [6, 6.07) is 8.38. The lowest BCUT2D eigenvalue weighted by atomic mass is 10.2. The number of nitrogens with zero attached hydrogens (tertiary/aromatic N) is 3. The average Bonchev–Trinajstić information content (AvgIpc) is 3.14. The Labute approximate surface area is 157 Å². The van der Waals surface area contributed by atoms with Crippen LogP contribution in [0.1, 0.15) is 17.7 Å². The third-order valence-electron chi connectivity index (χ3n) is 4.40. The van der Waals surface area contributed by atoms with E-state index in [2.05, 4.69) is 26.3 Å². The van der Waals surface area contributed by atoms with Gasteiger partial charge in [-0.3, -0.25) is 19.9 Å². The van der Waals surface area contributed by atoms with Crippen molar-refractivity contribution in [3.05, 3.63) is 54.0 Å². The van der Waals surface area contributed by atoms with Gasteiger partial charge in [0, 0.05) is 37.3 Å². The second kappa shape index (κ2) is 9.11. The Hall–Kier alpha value is -2.97. The number of aromatic nitrogens is 2. The highest BCUT2D eigenvalue weighted by Gasteiger charge is 2.23. The van der Waals surface area contributed by atoms with Crippen LogP contribution in [0.25, 0.3) is 6.08 Å². The topological polar surface area (TPSA) is 99.6 Å². The van der Waals surface area contributed by atoms with Crippen LogP contribution >= 0.6 is 0 Å². The van der Waals surface area contributed by atoms with Gasteiger partial charge in [-0.2, -0.15) is 0 Å². The minimum atomic E-state index is -0.611. The molecule has 3 N–H and O–H groups in total. The van der Waals surface area contributed by atoms with Gasteiger partial charge in [-0.25, -0.2) is 10.5 Å². The first kappa shape index (κ1) is 18.8. The normalized spacial score (nSPS) is 17.2. The van der Waals surface area contributed by atoms with Crippen molar-refractivity contribution >= 4 is 17.8 Å². The van der Waals surface area contributed by atoms with Crippen molar-refractivity contribution < 1.29 is 14.7 Å². The van der Waals surface area contributed by atoms with Crippen LogP contribution < -0.4 is 15.5 Å². The van der Waals surface area contributed by atoms with Gasteiger partial charge in [-0.05, 0) is 18.6 Å². The van der Waals surface area contributed by atoms with Crippen LogP contribution in [0.5, 0.6) is 5.75 Å². The van der Waals surface area contributed by atoms with Gasteiger partial charge in [0.25, 0.3) is 5.91 Å². The fourth-order valence-electron chi connectivity index (χ4n) is 3.07. The van der Waals surface area contributed by atoms with Crippen molar-refractivity contribution in [1.29, 1.82) is 0 Å². The zero-order valence-corrected chi connectivity index (χ0v) is 15.1. The van der Waals surface area contributed by atoms with Crippen molar-refractivity contribution in [2.75, 3.05) is 25.5 Å². The van der Waals surface area contributed by atoms with Gasteiger partial charge < -0.3 is 10.1 Å². The zero-order chi connectivity index (χ0) is 19.1. The predicted molar refractivity (Wildman–Crippen MR) is 101 cm³/mol. The number of rotatable bonds is 7. The highest BCUT2D eigenvalue weighted by atomic mass is 16.5. The van der Waals surface area contributed by atoms with Gasteiger partial charge in [0.05, 0.1) is 25.2 Å². The molecule has 0 radical (unpaired) electrons. The molecule has 0 spiro atoms. The summed E-state index contributed by atoms with van der Waals surface area (Å²) in [4.78, 5) is 21.9. The Kier molecular flexibility index (Phi) is 6.35. The Morgan fingerprint density at radius 2 is 2.22 bits per heavy atom. The summed E-state index contributed by atoms with van der Waals surface area (Å²) in [7, 11) is 1.70. The third-order valence-corrected chi connectivity index (χ3v) is 4.40. The van der Waals surface area contributed by atoms with E-state index < -0.39 is 5.91 Å². The molecule has 1 atom stereocenters. The lowest BCUT2D eigenvalue weighted by Crippen LogP contribution is -2.26. The predicted octanol–water partition coefficient (Wildman–Crippen LogP) is 1.69. The number of hydrogen-bond acceptors (Lipinski definition) is 7. The summed E-state index contributed by atoms with van der Waals surface area (Å²) in [5, 5.41) is 11.9. The number of ether oxygens (including phenoxy) is 1. The Balaban J connectivity index is 1.52. The van der Waals surface area contributed by atoms with Crippen molar-refractivity contribution in [3.8, 4) is 5.75 Å². The van der Waals surface area contributed by atoms with Crippen LogP contribution in [0.15, 0.2) is 42.7 Å². The molecule has 3 rings (SSSR count). The van der Waals surface area contributed by atoms with Crippen LogP contribution in [0.3, 0.4) is 0 Å². The second-order valence-corrected chi connectivity index (χ2v) is 6.31. The largest absolute Gasteiger partial charge is 0.496 e. The highest BCUT2D eigenvalue weighted by molar-refractivity contribution is 5.90. The number of benzene rings is 1. The molecule has 2 heterocycles. The van der Waals surface area contributed by atoms with Crippen molar-refractivity contribution in [2.24, 2.45) is 0 Å². The van der Waals surface area contributed by atoms with E-state index in [1.54, 1.807) is 19.5 Å². The number of methoxy groups -OCH3 is 1. The first-order chi connectivity index (χ1) is 13.2. The van der Waals surface area contributed by atoms with E-state index in [0.717, 1.165) is 31.8 Å². The number of carbonyl (C=O) groups is 1. The SMILES string of the molecule is COc1ccccc1CN1CC[C@@H](Nc2cnc(C=CC(=O)NO)cn2)C1. The molecule has 8 nitrogen and oxygen atoms in total. The zero-order valence-electron chi connectivity index (χ0n) is 15.1. The fraction of sp³-hybridized carbons (Fsp3) is 0.316. The molecule has 2 aromatic rings. The molecule has 1 aromatic carbocycles. The molecule has 8 heteroatoms. The molecular formula is C19H23N5O3. The quantitative estimate of drug-likeness (QED) is 0.388. The van der Waals surface area contributed by atoms with Gasteiger partial charge in [0.2, 0.25) is 0 Å². The number of para-hydroxylation sites is 1. The molecule has 142 valence electrons. The maximum absolute atomic E-state index is 11.0. The molecule has 0 unspecified atom stereocenters. The maximum atomic E-state index is 11.0. The summed E-state index contributed by atoms with van der Waals surface area (Å²) < 4.78 is 5.43. The van der Waals surface area contributed by atoms with Gasteiger partial charge in [-0.15, -0.1) is 0 Å². The standard InChI is InChI=1S/C19H23N5O3/c1-27-17-5-3-2-4-14(17)12-24-9-8-16(13-24)22-18-11-20-15(10-21-18)6-7-19(25)23-26/h2-7,10-11,16,26H,8-9,12-13H2,1H3,(H,21,22)(H,23,25)/t16-/m1/s1. The van der Waals surface area contributed by atoms with Crippen LogP contribution in [0, 0.1) is 0 Å². The van der Waals surface area contributed by atoms with E-state index in [-0.39, 0.29) is 0 Å². The van der Waals surface area contributed by atoms with Crippen LogP contribution in [-0.2, 0) is 11.3 Å². The first-order valence-electron chi connectivity index (χ1n) is 8.73. The number of nitrogens with one attached hydrogen (secondary N) is 2. The highest BCUT2D eigenvalue weighted by Crippen LogP contribution is 2.22. The van der Waals surface area contributed by atoms with Crippen molar-refractivity contribution in [3.63, 3.8) is 0 Å². The number of hydroxylamine groups is 1. The second-order valence-electron chi connectivity index (χ2n) is 6.31. The molecule has 1 fully saturated rings. The van der Waals surface area contributed by atoms with Crippen LogP contribution in [0.4, 0.5) is 5.82 Å². The third kappa shape index (κ3) is 5.25. The number of likely N-dealkylation sites (tertiary alicyclic amines) is 1. The van der Waals surface area contributed by atoms with Gasteiger partial charge >= 0.3 is 0 Å². The molecule has 1 aliphatic rings. The van der Waals surface area contributed by atoms with Crippen molar-refractivity contribution in [1.82, 2.24) is 20.3 Å². The summed E-state index contributed by atoms with van der Waals surface area (Å²) in [5.74, 6) is 1.00. The maximum Gasteiger partial charge on any atom is 0.267 e. The average molecular weight is 369 g/mol. The minimum Gasteiger partial charge on any atom is -0.496 e. The molecule has 0 aliphatic carbocycles. The van der Waals surface area contributed by atoms with E-state index in [4.69, 9.17) is 9.94 Å². The number of anilines is 1. The summed E-state index contributed by atoms with van der Waals surface area (Å²) >= 11 is 0. The summed E-state index contributed by atoms with van der Waals surface area (Å²) in [6.45, 7) is 2.77. The van der Waals surface area contributed by atoms with Gasteiger partial charge in [-0.1, -0.05) is 18.2 Å². The van der Waals surface area contributed by atoms with Crippen LogP contribution in [0.2, 0.25) is 0 Å². The van der Waals surface area contributed by atoms with E-state index in [0.29, 0.717) is 17.6 Å². The monoisotopic (exact) mass is 369 g/mol. The van der Waals surface area contributed by atoms with E-state index >= 15 is 0 Å². The van der Waals surface area contributed by atoms with Gasteiger partial charge in [0.15, 0.2) is 0 Å². The molecule has 1 saturated heterocycles. The molecule has 1 aromatic heterocycles. The van der Waals surface area contributed by atoms with E-state index in [1.807, 2.05) is 18.2 Å². The molecule has 1 aliphatic heterocycles. The van der Waals surface area contributed by atoms with Crippen molar-refractivity contribution in [2.45, 2.75) is 19.0 Å². The van der Waals surface area contributed by atoms with Crippen LogP contribution in [-0.4, -0.2) is 52.2 Å². The Morgan fingerprint density at radius 3 is 2.96 bits per heavy atom. The molecule has 1 amide bonds. The summed E-state index contributed by atoms with van der Waals surface area (Å²) in [6.07, 6.45) is 6.90. The van der Waals surface area contributed by atoms with E-state index in [1.165, 1.54) is 23.2 Å². The molecular weight excluding hydrogens is 346 g/mol. The number of carbonyl (C=O) groups excluding carboxylic acids is 1. The lowest BCUT2D eigenvalue weighted by Gasteiger charge is -2.18. The summed E-state index contributed by atoms with van der Waals surface area (Å²) in [5.41, 5.74) is 3.24. The molecule has 0 bridgehead atoms. The fourth-order valence-corrected chi connectivity index (χ4v) is 3.07. The minimum absolute atomic E-state index is 0.301. The lowest BCUT2D eigenvalue weighted by molar-refractivity contribution is -0.124. The van der Waals surface area contributed by atoms with Gasteiger partial charge in [0.1, 0.15) is 11.6 Å². The first-order valence-corrected chi connectivity index (χ1v) is 8.73.